The lowest BCUT2D eigenvalue weighted by atomic mass is 9.97. The molecule has 4 nitrogen and oxygen atoms in total. The molecule has 0 saturated carbocycles. The topological polar surface area (TPSA) is 48.6 Å². The fourth-order valence-corrected chi connectivity index (χ4v) is 4.05. The number of phenolic OH excluding ortho intramolecular Hbond substituents is 2. The number of hydrogen-bond acceptors (Lipinski definition) is 3. The van der Waals surface area contributed by atoms with Crippen LogP contribution in [0.5, 0.6) is 11.5 Å². The molecule has 4 rings (SSSR count). The van der Waals surface area contributed by atoms with E-state index >= 15 is 0 Å². The maximum absolute atomic E-state index is 10.3. The highest BCUT2D eigenvalue weighted by Gasteiger charge is 2.28. The molecular weight excluding hydrogens is 336 g/mol. The monoisotopic (exact) mass is 362 g/mol. The molecule has 1 aromatic heterocycles. The Kier molecular flexibility index (Phi) is 4.66. The van der Waals surface area contributed by atoms with Gasteiger partial charge in [-0.05, 0) is 55.2 Å². The van der Waals surface area contributed by atoms with E-state index in [-0.39, 0.29) is 17.5 Å². The first kappa shape index (κ1) is 17.7. The van der Waals surface area contributed by atoms with Gasteiger partial charge in [-0.2, -0.15) is 0 Å². The van der Waals surface area contributed by atoms with Crippen LogP contribution in [-0.2, 0) is 13.1 Å². The van der Waals surface area contributed by atoms with Crippen LogP contribution in [0.25, 0.3) is 0 Å². The molecule has 3 aromatic rings. The minimum atomic E-state index is -0.0616. The Hall–Kier alpha value is -2.72. The van der Waals surface area contributed by atoms with E-state index in [1.54, 1.807) is 6.07 Å². The number of phenols is 2. The lowest BCUT2D eigenvalue weighted by Gasteiger charge is -2.31. The van der Waals surface area contributed by atoms with Crippen LogP contribution in [0.1, 0.15) is 40.4 Å². The van der Waals surface area contributed by atoms with Crippen LogP contribution in [0.2, 0.25) is 0 Å². The fraction of sp³-hybridized carbons (Fsp3) is 0.304. The molecule has 0 fully saturated rings. The summed E-state index contributed by atoms with van der Waals surface area (Å²) in [6.07, 6.45) is 3.20. The van der Waals surface area contributed by atoms with Gasteiger partial charge in [-0.1, -0.05) is 30.3 Å². The van der Waals surface area contributed by atoms with Crippen molar-refractivity contribution >= 4 is 0 Å². The first-order chi connectivity index (χ1) is 13.0. The molecule has 1 unspecified atom stereocenters. The number of aromatic hydroxyl groups is 2. The summed E-state index contributed by atoms with van der Waals surface area (Å²) in [5.41, 5.74) is 5.87. The molecule has 1 aliphatic heterocycles. The van der Waals surface area contributed by atoms with Crippen molar-refractivity contribution in [1.29, 1.82) is 0 Å². The van der Waals surface area contributed by atoms with Gasteiger partial charge >= 0.3 is 0 Å². The third kappa shape index (κ3) is 3.33. The van der Waals surface area contributed by atoms with E-state index in [0.717, 1.165) is 25.1 Å². The van der Waals surface area contributed by atoms with Crippen molar-refractivity contribution in [3.05, 3.63) is 82.7 Å². The van der Waals surface area contributed by atoms with Crippen molar-refractivity contribution in [3.8, 4) is 11.5 Å². The van der Waals surface area contributed by atoms with E-state index in [0.29, 0.717) is 6.54 Å². The molecule has 27 heavy (non-hydrogen) atoms. The van der Waals surface area contributed by atoms with Gasteiger partial charge < -0.3 is 14.8 Å². The quantitative estimate of drug-likeness (QED) is 0.674. The van der Waals surface area contributed by atoms with E-state index < -0.39 is 0 Å². The Morgan fingerprint density at radius 1 is 0.963 bits per heavy atom. The summed E-state index contributed by atoms with van der Waals surface area (Å²) < 4.78 is 2.34. The van der Waals surface area contributed by atoms with Crippen LogP contribution >= 0.6 is 0 Å². The van der Waals surface area contributed by atoms with E-state index in [4.69, 9.17) is 0 Å². The van der Waals surface area contributed by atoms with Gasteiger partial charge in [0.2, 0.25) is 0 Å². The van der Waals surface area contributed by atoms with Crippen LogP contribution < -0.4 is 0 Å². The van der Waals surface area contributed by atoms with Crippen molar-refractivity contribution in [3.63, 3.8) is 0 Å². The van der Waals surface area contributed by atoms with E-state index in [9.17, 15) is 10.2 Å². The average molecular weight is 362 g/mol. The Morgan fingerprint density at radius 3 is 2.63 bits per heavy atom. The summed E-state index contributed by atoms with van der Waals surface area (Å²) in [7, 11) is 0. The summed E-state index contributed by atoms with van der Waals surface area (Å²) in [5.74, 6) is -0.0793. The number of hydrogen-bond donors (Lipinski definition) is 2. The number of benzene rings is 2. The van der Waals surface area contributed by atoms with Gasteiger partial charge in [-0.3, -0.25) is 4.90 Å². The van der Waals surface area contributed by atoms with Crippen molar-refractivity contribution in [2.45, 2.75) is 39.4 Å². The summed E-state index contributed by atoms with van der Waals surface area (Å²) in [5, 5.41) is 20.2. The number of nitrogens with zero attached hydrogens (tertiary/aromatic N) is 2. The number of para-hydroxylation sites is 1. The molecule has 1 aliphatic rings. The molecule has 0 spiro atoms. The number of aryl methyl sites for hydroxylation is 3. The predicted molar refractivity (Wildman–Crippen MR) is 107 cm³/mol. The molecule has 2 heterocycles. The van der Waals surface area contributed by atoms with Gasteiger partial charge in [0.1, 0.15) is 0 Å². The minimum absolute atomic E-state index is 0.0176. The zero-order valence-electron chi connectivity index (χ0n) is 15.9. The van der Waals surface area contributed by atoms with Crippen LogP contribution in [0, 0.1) is 13.8 Å². The second-order valence-electron chi connectivity index (χ2n) is 7.48. The van der Waals surface area contributed by atoms with Crippen molar-refractivity contribution in [1.82, 2.24) is 9.47 Å². The summed E-state index contributed by atoms with van der Waals surface area (Å²) in [6, 6.07) is 16.3. The molecule has 140 valence electrons. The Morgan fingerprint density at radius 2 is 1.81 bits per heavy atom. The van der Waals surface area contributed by atoms with Gasteiger partial charge in [0.15, 0.2) is 11.5 Å². The normalized spacial score (nSPS) is 17.5. The van der Waals surface area contributed by atoms with Gasteiger partial charge in [-0.25, -0.2) is 0 Å². The third-order valence-corrected chi connectivity index (χ3v) is 5.67. The van der Waals surface area contributed by atoms with Crippen LogP contribution in [0.15, 0.2) is 54.7 Å². The number of fused-ring (bicyclic) bond motifs is 1. The Balaban J connectivity index is 1.78. The standard InChI is InChI=1S/C23H26N2O2/c1-16-9-10-18(14-17(16)2)22-20-7-4-11-24(20)12-5-13-25(22)15-19-6-3-8-21(26)23(19)27/h3-4,6-11,14,22,26-27H,5,12-13,15H2,1-2H3. The highest BCUT2D eigenvalue weighted by molar-refractivity contribution is 5.44. The first-order valence-electron chi connectivity index (χ1n) is 9.50. The second-order valence-corrected chi connectivity index (χ2v) is 7.48. The molecule has 0 bridgehead atoms. The maximum Gasteiger partial charge on any atom is 0.161 e. The molecule has 2 N–H and O–H groups in total. The Bertz CT molecular complexity index is 961. The zero-order chi connectivity index (χ0) is 19.0. The van der Waals surface area contributed by atoms with Gasteiger partial charge in [0, 0.05) is 37.1 Å². The fourth-order valence-electron chi connectivity index (χ4n) is 4.05. The van der Waals surface area contributed by atoms with Crippen molar-refractivity contribution in [2.75, 3.05) is 6.54 Å². The smallest absolute Gasteiger partial charge is 0.161 e. The molecule has 4 heteroatoms. The summed E-state index contributed by atoms with van der Waals surface area (Å²) in [6.45, 7) is 6.79. The molecule has 0 aliphatic carbocycles. The molecular formula is C23H26N2O2. The zero-order valence-corrected chi connectivity index (χ0v) is 15.9. The lowest BCUT2D eigenvalue weighted by molar-refractivity contribution is 0.217. The number of aromatic nitrogens is 1. The number of rotatable bonds is 3. The SMILES string of the molecule is Cc1ccc(C2c3cccn3CCCN2Cc2cccc(O)c2O)cc1C. The second kappa shape index (κ2) is 7.12. The van der Waals surface area contributed by atoms with E-state index in [2.05, 4.69) is 59.8 Å². The van der Waals surface area contributed by atoms with Gasteiger partial charge in [0.25, 0.3) is 0 Å². The predicted octanol–water partition coefficient (Wildman–Crippen LogP) is 4.51. The summed E-state index contributed by atoms with van der Waals surface area (Å²) in [4.78, 5) is 2.40. The van der Waals surface area contributed by atoms with E-state index in [1.807, 2.05) is 6.07 Å². The first-order valence-corrected chi connectivity index (χ1v) is 9.50. The van der Waals surface area contributed by atoms with Gasteiger partial charge in [0.05, 0.1) is 6.04 Å². The minimum Gasteiger partial charge on any atom is -0.504 e. The van der Waals surface area contributed by atoms with Crippen LogP contribution in [0.3, 0.4) is 0 Å². The largest absolute Gasteiger partial charge is 0.504 e. The highest BCUT2D eigenvalue weighted by atomic mass is 16.3. The van der Waals surface area contributed by atoms with E-state index in [1.165, 1.54) is 28.5 Å². The summed E-state index contributed by atoms with van der Waals surface area (Å²) >= 11 is 0. The third-order valence-electron chi connectivity index (χ3n) is 5.67. The van der Waals surface area contributed by atoms with Crippen molar-refractivity contribution < 1.29 is 10.2 Å². The van der Waals surface area contributed by atoms with Crippen molar-refractivity contribution in [2.24, 2.45) is 0 Å². The molecule has 1 atom stereocenters. The van der Waals surface area contributed by atoms with Crippen LogP contribution in [-0.4, -0.2) is 26.2 Å². The highest BCUT2D eigenvalue weighted by Crippen LogP contribution is 2.36. The lowest BCUT2D eigenvalue weighted by Crippen LogP contribution is -2.29. The average Bonchev–Trinajstić information content (AvgIpc) is 3.03. The van der Waals surface area contributed by atoms with Gasteiger partial charge in [-0.15, -0.1) is 0 Å². The molecule has 0 radical (unpaired) electrons. The molecule has 0 amide bonds. The Labute approximate surface area is 160 Å². The maximum atomic E-state index is 10.3. The van der Waals surface area contributed by atoms with Crippen LogP contribution in [0.4, 0.5) is 0 Å². The molecule has 0 saturated heterocycles. The molecule has 2 aromatic carbocycles.